The van der Waals surface area contributed by atoms with Gasteiger partial charge in [0.2, 0.25) is 5.91 Å². The van der Waals surface area contributed by atoms with Gasteiger partial charge in [-0.25, -0.2) is 0 Å². The molecule has 1 aromatic carbocycles. The predicted octanol–water partition coefficient (Wildman–Crippen LogP) is 2.56. The lowest BCUT2D eigenvalue weighted by Crippen LogP contribution is -2.35. The number of likely N-dealkylation sites (N-methyl/N-ethyl adjacent to an activating group) is 2. The van der Waals surface area contributed by atoms with Gasteiger partial charge < -0.3 is 10.2 Å². The smallest absolute Gasteiger partial charge is 0.239 e. The Bertz CT molecular complexity index is 390. The molecule has 18 heavy (non-hydrogen) atoms. The molecule has 1 amide bonds. The number of benzene rings is 1. The molecule has 3 heteroatoms. The molecule has 0 aliphatic carbocycles. The molecule has 0 aliphatic rings. The lowest BCUT2D eigenvalue weighted by atomic mass is 9.87. The van der Waals surface area contributed by atoms with E-state index in [2.05, 4.69) is 62.2 Å². The number of hydrogen-bond acceptors (Lipinski definition) is 2. The summed E-state index contributed by atoms with van der Waals surface area (Å²) in [6.45, 7) is 9.88. The highest BCUT2D eigenvalue weighted by Gasteiger charge is 2.14. The number of nitrogens with zero attached hydrogens (tertiary/aromatic N) is 1. The van der Waals surface area contributed by atoms with Gasteiger partial charge >= 0.3 is 0 Å². The summed E-state index contributed by atoms with van der Waals surface area (Å²) in [5.41, 5.74) is 2.56. The predicted molar refractivity (Wildman–Crippen MR) is 77.1 cm³/mol. The van der Waals surface area contributed by atoms with E-state index in [0.717, 1.165) is 12.2 Å². The van der Waals surface area contributed by atoms with E-state index in [1.54, 1.807) is 7.05 Å². The second-order valence-electron chi connectivity index (χ2n) is 5.48. The Morgan fingerprint density at radius 1 is 1.22 bits per heavy atom. The van der Waals surface area contributed by atoms with Gasteiger partial charge in [0.25, 0.3) is 0 Å². The number of nitrogens with one attached hydrogen (secondary N) is 1. The molecule has 0 atom stereocenters. The summed E-state index contributed by atoms with van der Waals surface area (Å²) >= 11 is 0. The molecule has 0 bridgehead atoms. The normalized spacial score (nSPS) is 11.2. The van der Waals surface area contributed by atoms with Crippen molar-refractivity contribution in [3.8, 4) is 0 Å². The Balaban J connectivity index is 2.85. The highest BCUT2D eigenvalue weighted by atomic mass is 16.1. The third-order valence-electron chi connectivity index (χ3n) is 3.09. The molecular weight excluding hydrogens is 224 g/mol. The van der Waals surface area contributed by atoms with Gasteiger partial charge in [-0.2, -0.15) is 0 Å². The van der Waals surface area contributed by atoms with Crippen molar-refractivity contribution in [2.45, 2.75) is 33.1 Å². The molecule has 0 aliphatic heterocycles. The number of anilines is 1. The van der Waals surface area contributed by atoms with E-state index in [1.165, 1.54) is 5.56 Å². The van der Waals surface area contributed by atoms with Crippen molar-refractivity contribution >= 4 is 11.6 Å². The monoisotopic (exact) mass is 248 g/mol. The maximum absolute atomic E-state index is 11.4. The van der Waals surface area contributed by atoms with E-state index in [0.29, 0.717) is 6.54 Å². The van der Waals surface area contributed by atoms with Gasteiger partial charge in [-0.05, 0) is 30.0 Å². The molecule has 0 saturated carbocycles. The van der Waals surface area contributed by atoms with Crippen LogP contribution in [0.2, 0.25) is 0 Å². The van der Waals surface area contributed by atoms with Gasteiger partial charge in [-0.3, -0.25) is 4.79 Å². The van der Waals surface area contributed by atoms with E-state index in [-0.39, 0.29) is 11.3 Å². The Morgan fingerprint density at radius 2 is 1.78 bits per heavy atom. The van der Waals surface area contributed by atoms with Crippen LogP contribution in [0.25, 0.3) is 0 Å². The summed E-state index contributed by atoms with van der Waals surface area (Å²) in [5, 5.41) is 2.65. The standard InChI is InChI=1S/C15H24N2O/c1-6-17(11-14(18)16-5)13-9-7-12(8-10-13)15(2,3)4/h7-10H,6,11H2,1-5H3,(H,16,18). The van der Waals surface area contributed by atoms with Crippen LogP contribution >= 0.6 is 0 Å². The second kappa shape index (κ2) is 5.89. The van der Waals surface area contributed by atoms with E-state index in [1.807, 2.05) is 0 Å². The lowest BCUT2D eigenvalue weighted by Gasteiger charge is -2.24. The number of rotatable bonds is 4. The molecule has 0 saturated heterocycles. The van der Waals surface area contributed by atoms with Crippen molar-refractivity contribution in [1.29, 1.82) is 0 Å². The fourth-order valence-corrected chi connectivity index (χ4v) is 1.81. The van der Waals surface area contributed by atoms with E-state index < -0.39 is 0 Å². The van der Waals surface area contributed by atoms with Crippen LogP contribution in [-0.4, -0.2) is 26.0 Å². The molecule has 3 nitrogen and oxygen atoms in total. The SMILES string of the molecule is CCN(CC(=O)NC)c1ccc(C(C)(C)C)cc1. The fraction of sp³-hybridized carbons (Fsp3) is 0.533. The van der Waals surface area contributed by atoms with Crippen LogP contribution in [0.1, 0.15) is 33.3 Å². The van der Waals surface area contributed by atoms with Crippen molar-refractivity contribution < 1.29 is 4.79 Å². The largest absolute Gasteiger partial charge is 0.363 e. The topological polar surface area (TPSA) is 32.3 Å². The maximum Gasteiger partial charge on any atom is 0.239 e. The molecular formula is C15H24N2O. The molecule has 0 unspecified atom stereocenters. The number of hydrogen-bond donors (Lipinski definition) is 1. The Kier molecular flexibility index (Phi) is 4.76. The third kappa shape index (κ3) is 3.76. The van der Waals surface area contributed by atoms with Gasteiger partial charge in [0.05, 0.1) is 6.54 Å². The average molecular weight is 248 g/mol. The zero-order chi connectivity index (χ0) is 13.8. The average Bonchev–Trinajstić information content (AvgIpc) is 2.34. The van der Waals surface area contributed by atoms with Gasteiger partial charge in [0, 0.05) is 19.3 Å². The minimum Gasteiger partial charge on any atom is -0.363 e. The highest BCUT2D eigenvalue weighted by molar-refractivity contribution is 5.81. The molecule has 1 aromatic rings. The third-order valence-corrected chi connectivity index (χ3v) is 3.09. The van der Waals surface area contributed by atoms with Gasteiger partial charge in [0.15, 0.2) is 0 Å². The van der Waals surface area contributed by atoms with E-state index in [4.69, 9.17) is 0 Å². The summed E-state index contributed by atoms with van der Waals surface area (Å²) < 4.78 is 0. The number of carbonyl (C=O) groups excluding carboxylic acids is 1. The van der Waals surface area contributed by atoms with Crippen molar-refractivity contribution in [3.05, 3.63) is 29.8 Å². The highest BCUT2D eigenvalue weighted by Crippen LogP contribution is 2.24. The molecule has 0 heterocycles. The van der Waals surface area contributed by atoms with Crippen LogP contribution in [0.4, 0.5) is 5.69 Å². The maximum atomic E-state index is 11.4. The number of carbonyl (C=O) groups is 1. The summed E-state index contributed by atoms with van der Waals surface area (Å²) in [4.78, 5) is 13.5. The molecule has 0 fully saturated rings. The minimum atomic E-state index is 0.0387. The van der Waals surface area contributed by atoms with E-state index >= 15 is 0 Å². The van der Waals surface area contributed by atoms with Crippen LogP contribution in [0, 0.1) is 0 Å². The van der Waals surface area contributed by atoms with Crippen LogP contribution < -0.4 is 10.2 Å². The summed E-state index contributed by atoms with van der Waals surface area (Å²) in [6, 6.07) is 8.46. The van der Waals surface area contributed by atoms with Crippen molar-refractivity contribution in [1.82, 2.24) is 5.32 Å². The molecule has 100 valence electrons. The Labute approximate surface area is 110 Å². The Morgan fingerprint density at radius 3 is 2.17 bits per heavy atom. The molecule has 0 spiro atoms. The zero-order valence-corrected chi connectivity index (χ0v) is 12.1. The lowest BCUT2D eigenvalue weighted by molar-refractivity contribution is -0.119. The quantitative estimate of drug-likeness (QED) is 0.888. The molecule has 0 aromatic heterocycles. The Hall–Kier alpha value is -1.51. The molecule has 0 radical (unpaired) electrons. The molecule has 1 N–H and O–H groups in total. The van der Waals surface area contributed by atoms with E-state index in [9.17, 15) is 4.79 Å². The fourth-order valence-electron chi connectivity index (χ4n) is 1.81. The number of amides is 1. The minimum absolute atomic E-state index is 0.0387. The zero-order valence-electron chi connectivity index (χ0n) is 12.1. The second-order valence-corrected chi connectivity index (χ2v) is 5.48. The van der Waals surface area contributed by atoms with Gasteiger partial charge in [0.1, 0.15) is 0 Å². The summed E-state index contributed by atoms with van der Waals surface area (Å²) in [6.07, 6.45) is 0. The van der Waals surface area contributed by atoms with Crippen LogP contribution in [0.5, 0.6) is 0 Å². The van der Waals surface area contributed by atoms with Crippen LogP contribution in [-0.2, 0) is 10.2 Å². The first-order chi connectivity index (χ1) is 8.38. The summed E-state index contributed by atoms with van der Waals surface area (Å²) in [5.74, 6) is 0.0387. The van der Waals surface area contributed by atoms with Crippen molar-refractivity contribution in [2.24, 2.45) is 0 Å². The van der Waals surface area contributed by atoms with Crippen molar-refractivity contribution in [3.63, 3.8) is 0 Å². The van der Waals surface area contributed by atoms with Crippen LogP contribution in [0.15, 0.2) is 24.3 Å². The first kappa shape index (κ1) is 14.6. The van der Waals surface area contributed by atoms with Gasteiger partial charge in [-0.15, -0.1) is 0 Å². The van der Waals surface area contributed by atoms with Gasteiger partial charge in [-0.1, -0.05) is 32.9 Å². The molecule has 1 rings (SSSR count). The first-order valence-electron chi connectivity index (χ1n) is 6.44. The first-order valence-corrected chi connectivity index (χ1v) is 6.44. The summed E-state index contributed by atoms with van der Waals surface area (Å²) in [7, 11) is 1.67. The van der Waals surface area contributed by atoms with Crippen molar-refractivity contribution in [2.75, 3.05) is 25.0 Å². The van der Waals surface area contributed by atoms with Crippen LogP contribution in [0.3, 0.4) is 0 Å².